The number of aromatic amines is 1. The quantitative estimate of drug-likeness (QED) is 0.230. The van der Waals surface area contributed by atoms with Crippen LogP contribution in [0.1, 0.15) is 65.6 Å². The Morgan fingerprint density at radius 1 is 1.00 bits per heavy atom. The molecule has 1 aliphatic carbocycles. The molecule has 0 aliphatic heterocycles. The molecule has 1 heterocycles. The van der Waals surface area contributed by atoms with Crippen molar-refractivity contribution >= 4 is 76.4 Å². The predicted molar refractivity (Wildman–Crippen MR) is 166 cm³/mol. The van der Waals surface area contributed by atoms with Gasteiger partial charge in [-0.25, -0.2) is 17.9 Å². The number of sulfonamides is 1. The SMILES string of the molecule is COc1cc(C(=O)NS(=O)(=O)c2ccccc2C)ccc1C(C)c1c[nH]c2ccc(NC(=O)OC3CCCC3)cc12.[CaH2]. The van der Waals surface area contributed by atoms with Crippen molar-refractivity contribution in [2.24, 2.45) is 0 Å². The number of hydrogen-bond donors (Lipinski definition) is 3. The third-order valence-corrected chi connectivity index (χ3v) is 9.07. The summed E-state index contributed by atoms with van der Waals surface area (Å²) >= 11 is 0. The van der Waals surface area contributed by atoms with Crippen LogP contribution in [0.5, 0.6) is 5.75 Å². The molecule has 218 valence electrons. The fraction of sp³-hybridized carbons (Fsp3) is 0.290. The maximum atomic E-state index is 12.9. The Labute approximate surface area is 275 Å². The molecule has 3 aromatic carbocycles. The van der Waals surface area contributed by atoms with Crippen LogP contribution in [0.4, 0.5) is 10.5 Å². The molecule has 11 heteroatoms. The summed E-state index contributed by atoms with van der Waals surface area (Å²) in [5, 5.41) is 3.76. The Morgan fingerprint density at radius 2 is 1.74 bits per heavy atom. The van der Waals surface area contributed by atoms with E-state index < -0.39 is 22.0 Å². The molecule has 3 N–H and O–H groups in total. The van der Waals surface area contributed by atoms with Crippen molar-refractivity contribution in [1.29, 1.82) is 0 Å². The van der Waals surface area contributed by atoms with Crippen molar-refractivity contribution < 1.29 is 27.5 Å². The summed E-state index contributed by atoms with van der Waals surface area (Å²) in [6.07, 6.45) is 5.38. The fourth-order valence-electron chi connectivity index (χ4n) is 5.35. The summed E-state index contributed by atoms with van der Waals surface area (Å²) in [5.74, 6) is -0.465. The topological polar surface area (TPSA) is 127 Å². The predicted octanol–water partition coefficient (Wildman–Crippen LogP) is 5.33. The molecule has 0 spiro atoms. The number of rotatable bonds is 8. The van der Waals surface area contributed by atoms with Gasteiger partial charge < -0.3 is 14.5 Å². The first-order chi connectivity index (χ1) is 19.7. The first kappa shape index (κ1) is 31.9. The van der Waals surface area contributed by atoms with Crippen LogP contribution < -0.4 is 14.8 Å². The molecule has 0 radical (unpaired) electrons. The summed E-state index contributed by atoms with van der Waals surface area (Å²) in [6.45, 7) is 3.68. The summed E-state index contributed by atoms with van der Waals surface area (Å²) < 4.78 is 39.0. The van der Waals surface area contributed by atoms with Crippen LogP contribution in [0, 0.1) is 6.92 Å². The number of methoxy groups -OCH3 is 1. The van der Waals surface area contributed by atoms with Crippen molar-refractivity contribution in [1.82, 2.24) is 9.71 Å². The van der Waals surface area contributed by atoms with E-state index in [2.05, 4.69) is 15.0 Å². The Morgan fingerprint density at radius 3 is 2.45 bits per heavy atom. The first-order valence-corrected chi connectivity index (χ1v) is 15.0. The molecule has 0 bridgehead atoms. The zero-order valence-electron chi connectivity index (χ0n) is 23.2. The number of carbonyl (C=O) groups excluding carboxylic acids is 2. The van der Waals surface area contributed by atoms with E-state index in [4.69, 9.17) is 9.47 Å². The van der Waals surface area contributed by atoms with E-state index in [0.717, 1.165) is 47.7 Å². The molecule has 1 aromatic heterocycles. The number of fused-ring (bicyclic) bond motifs is 1. The van der Waals surface area contributed by atoms with Gasteiger partial charge in [0.1, 0.15) is 11.9 Å². The zero-order chi connectivity index (χ0) is 29.1. The second kappa shape index (κ2) is 13.5. The molecule has 2 amide bonds. The van der Waals surface area contributed by atoms with Gasteiger partial charge >= 0.3 is 43.8 Å². The summed E-state index contributed by atoms with van der Waals surface area (Å²) in [5.41, 5.74) is 4.00. The number of amides is 2. The molecular weight excluding hydrogens is 583 g/mol. The number of anilines is 1. The van der Waals surface area contributed by atoms with Gasteiger partial charge in [-0.2, -0.15) is 0 Å². The van der Waals surface area contributed by atoms with Crippen LogP contribution in [0.2, 0.25) is 0 Å². The van der Waals surface area contributed by atoms with Gasteiger partial charge in [-0.15, -0.1) is 0 Å². The minimum absolute atomic E-state index is 0. The standard InChI is InChI=1S/C31H33N3O6S.Ca.2H/c1-19-8-4-7-11-29(19)41(37,38)34-30(35)21-12-14-24(28(16-21)39-3)20(2)26-18-32-27-15-13-22(17-25(26)27)33-31(36)40-23-9-5-6-10-23;;;/h4,7-8,11-18,20,23,32H,5-6,9-10H2,1-3H3,(H,33,36)(H,34,35);;;. The van der Waals surface area contributed by atoms with Gasteiger partial charge in [0.15, 0.2) is 0 Å². The number of hydrogen-bond acceptors (Lipinski definition) is 6. The Hall–Kier alpha value is -3.05. The molecule has 1 saturated carbocycles. The molecule has 9 nitrogen and oxygen atoms in total. The molecule has 4 aromatic rings. The number of nitrogens with one attached hydrogen (secondary N) is 3. The van der Waals surface area contributed by atoms with Crippen molar-refractivity contribution in [3.05, 3.63) is 89.1 Å². The number of aromatic nitrogens is 1. The van der Waals surface area contributed by atoms with Gasteiger partial charge in [0.2, 0.25) is 0 Å². The normalized spacial score (nSPS) is 14.2. The van der Waals surface area contributed by atoms with E-state index in [1.54, 1.807) is 37.3 Å². The van der Waals surface area contributed by atoms with Crippen LogP contribution in [-0.4, -0.2) is 76.4 Å². The van der Waals surface area contributed by atoms with Crippen molar-refractivity contribution in [3.8, 4) is 5.75 Å². The first-order valence-electron chi connectivity index (χ1n) is 13.6. The van der Waals surface area contributed by atoms with E-state index in [0.29, 0.717) is 17.0 Å². The van der Waals surface area contributed by atoms with Gasteiger partial charge in [-0.05, 0) is 80.1 Å². The number of carbonyl (C=O) groups is 2. The van der Waals surface area contributed by atoms with E-state index in [9.17, 15) is 18.0 Å². The maximum absolute atomic E-state index is 12.9. The number of H-pyrrole nitrogens is 1. The molecule has 0 saturated heterocycles. The van der Waals surface area contributed by atoms with Crippen LogP contribution in [0.25, 0.3) is 10.9 Å². The van der Waals surface area contributed by atoms with Crippen LogP contribution in [0.15, 0.2) is 71.8 Å². The van der Waals surface area contributed by atoms with E-state index >= 15 is 0 Å². The van der Waals surface area contributed by atoms with Crippen LogP contribution in [-0.2, 0) is 14.8 Å². The van der Waals surface area contributed by atoms with E-state index in [1.165, 1.54) is 19.2 Å². The molecule has 1 aliphatic rings. The summed E-state index contributed by atoms with van der Waals surface area (Å²) in [6, 6.07) is 17.0. The number of ether oxygens (including phenoxy) is 2. The third kappa shape index (κ3) is 6.94. The fourth-order valence-corrected chi connectivity index (χ4v) is 6.58. The van der Waals surface area contributed by atoms with Crippen molar-refractivity contribution in [2.75, 3.05) is 12.4 Å². The second-order valence-corrected chi connectivity index (χ2v) is 12.0. The van der Waals surface area contributed by atoms with E-state index in [-0.39, 0.29) is 60.2 Å². The monoisotopic (exact) mass is 617 g/mol. The van der Waals surface area contributed by atoms with Gasteiger partial charge in [0.05, 0.1) is 12.0 Å². The van der Waals surface area contributed by atoms with Gasteiger partial charge in [-0.3, -0.25) is 10.1 Å². The van der Waals surface area contributed by atoms with Crippen LogP contribution >= 0.6 is 0 Å². The van der Waals surface area contributed by atoms with Crippen molar-refractivity contribution in [3.63, 3.8) is 0 Å². The Kier molecular flexibility index (Phi) is 10.2. The molecule has 42 heavy (non-hydrogen) atoms. The van der Waals surface area contributed by atoms with Gasteiger partial charge in [0.25, 0.3) is 15.9 Å². The average Bonchev–Trinajstić information content (AvgIpc) is 3.62. The van der Waals surface area contributed by atoms with Gasteiger partial charge in [0, 0.05) is 39.8 Å². The minimum atomic E-state index is -4.05. The average molecular weight is 618 g/mol. The molecule has 1 atom stereocenters. The third-order valence-electron chi connectivity index (χ3n) is 7.57. The Bertz CT molecular complexity index is 1710. The molecule has 5 rings (SSSR count). The van der Waals surface area contributed by atoms with Crippen LogP contribution in [0.3, 0.4) is 0 Å². The molecular formula is C31H35CaN3O6S. The van der Waals surface area contributed by atoms with Crippen molar-refractivity contribution in [2.45, 2.75) is 56.4 Å². The zero-order valence-corrected chi connectivity index (χ0v) is 24.0. The summed E-state index contributed by atoms with van der Waals surface area (Å²) in [7, 11) is -2.54. The summed E-state index contributed by atoms with van der Waals surface area (Å²) in [4.78, 5) is 28.7. The second-order valence-electron chi connectivity index (χ2n) is 10.3. The molecule has 1 fully saturated rings. The number of benzene rings is 3. The van der Waals surface area contributed by atoms with Gasteiger partial charge in [-0.1, -0.05) is 31.2 Å². The molecule has 1 unspecified atom stereocenters. The van der Waals surface area contributed by atoms with E-state index in [1.807, 2.05) is 31.3 Å². The Balaban J connectivity index is 0.00000405. The number of aryl methyl sites for hydroxylation is 1.